The second-order valence-corrected chi connectivity index (χ2v) is 10.8. The van der Waals surface area contributed by atoms with Gasteiger partial charge < -0.3 is 5.73 Å². The van der Waals surface area contributed by atoms with E-state index in [-0.39, 0.29) is 29.3 Å². The minimum atomic E-state index is -4.23. The Hall–Kier alpha value is -3.73. The predicted octanol–water partition coefficient (Wildman–Crippen LogP) is 4.38. The first kappa shape index (κ1) is 27.3. The lowest BCUT2D eigenvalue weighted by molar-refractivity contribution is -0.117. The van der Waals surface area contributed by atoms with Crippen LogP contribution in [-0.2, 0) is 14.8 Å². The minimum Gasteiger partial charge on any atom is -0.369 e. The number of amides is 1. The van der Waals surface area contributed by atoms with Gasteiger partial charge in [-0.1, -0.05) is 65.7 Å². The van der Waals surface area contributed by atoms with Crippen LogP contribution in [0, 0.1) is 0 Å². The number of nitrogens with one attached hydrogen (secondary N) is 1. The molecular weight excluding hydrogens is 547 g/mol. The predicted molar refractivity (Wildman–Crippen MR) is 150 cm³/mol. The van der Waals surface area contributed by atoms with Crippen molar-refractivity contribution in [2.45, 2.75) is 24.2 Å². The van der Waals surface area contributed by atoms with Gasteiger partial charge in [-0.2, -0.15) is 18.5 Å². The van der Waals surface area contributed by atoms with Crippen LogP contribution in [0.1, 0.15) is 30.4 Å². The zero-order chi connectivity index (χ0) is 27.3. The first-order chi connectivity index (χ1) is 18.1. The molecule has 4 rings (SSSR count). The number of hydrogen-bond donors (Lipinski definition) is 2. The normalized spacial score (nSPS) is 16.7. The molecule has 0 fully saturated rings. The van der Waals surface area contributed by atoms with Gasteiger partial charge in [-0.25, -0.2) is 5.01 Å². The Labute approximate surface area is 230 Å². The smallest absolute Gasteiger partial charge is 0.285 e. The monoisotopic (exact) mass is 570 g/mol. The molecule has 1 amide bonds. The zero-order valence-corrected chi connectivity index (χ0v) is 22.6. The van der Waals surface area contributed by atoms with Crippen LogP contribution in [0.4, 0.5) is 0 Å². The Balaban J connectivity index is 1.84. The quantitative estimate of drug-likeness (QED) is 0.355. The van der Waals surface area contributed by atoms with Crippen molar-refractivity contribution in [3.63, 3.8) is 0 Å². The van der Waals surface area contributed by atoms with Gasteiger partial charge in [-0.15, -0.1) is 4.40 Å². The number of sulfonamides is 1. The van der Waals surface area contributed by atoms with E-state index in [9.17, 15) is 13.2 Å². The van der Waals surface area contributed by atoms with E-state index >= 15 is 0 Å². The molecule has 3 aromatic carbocycles. The Morgan fingerprint density at radius 3 is 2.21 bits per heavy atom. The summed E-state index contributed by atoms with van der Waals surface area (Å²) in [6.07, 6.45) is 0.570. The Morgan fingerprint density at radius 1 is 1.00 bits per heavy atom. The molecule has 12 heteroatoms. The highest BCUT2D eigenvalue weighted by atomic mass is 35.5. The maximum Gasteiger partial charge on any atom is 0.285 e. The third kappa shape index (κ3) is 6.77. The average Bonchev–Trinajstić information content (AvgIpc) is 2.88. The lowest BCUT2D eigenvalue weighted by atomic mass is 9.86. The molecule has 0 aliphatic carbocycles. The highest BCUT2D eigenvalue weighted by molar-refractivity contribution is 7.90. The molecule has 3 aromatic rings. The summed E-state index contributed by atoms with van der Waals surface area (Å²) in [5.74, 6) is -1.18. The van der Waals surface area contributed by atoms with E-state index in [2.05, 4.69) is 14.7 Å². The van der Waals surface area contributed by atoms with Gasteiger partial charge in [0.15, 0.2) is 0 Å². The number of aliphatic imine (C=N–C) groups is 1. The summed E-state index contributed by atoms with van der Waals surface area (Å²) >= 11 is 12.0. The number of hydrogen-bond acceptors (Lipinski definition) is 4. The van der Waals surface area contributed by atoms with E-state index < -0.39 is 15.9 Å². The van der Waals surface area contributed by atoms with Crippen LogP contribution in [0.25, 0.3) is 0 Å². The van der Waals surface area contributed by atoms with Crippen molar-refractivity contribution in [3.8, 4) is 0 Å². The summed E-state index contributed by atoms with van der Waals surface area (Å²) in [6, 6.07) is 22.6. The maximum absolute atomic E-state index is 13.2. The molecule has 3 N–H and O–H groups in total. The van der Waals surface area contributed by atoms with E-state index in [1.54, 1.807) is 12.1 Å². The number of nitrogens with two attached hydrogens (primary N) is 1. The average molecular weight is 571 g/mol. The lowest BCUT2D eigenvalue weighted by Gasteiger charge is -2.30. The van der Waals surface area contributed by atoms with Crippen molar-refractivity contribution in [3.05, 3.63) is 100 Å². The third-order valence-corrected chi connectivity index (χ3v) is 7.37. The van der Waals surface area contributed by atoms with Crippen LogP contribution >= 0.6 is 23.2 Å². The number of carbonyl (C=O) groups is 1. The lowest BCUT2D eigenvalue weighted by Crippen LogP contribution is -2.40. The van der Waals surface area contributed by atoms with Crippen molar-refractivity contribution in [2.24, 2.45) is 20.2 Å². The second-order valence-electron chi connectivity index (χ2n) is 8.37. The number of guanidine groups is 2. The highest BCUT2D eigenvalue weighted by Gasteiger charge is 2.29. The topological polar surface area (TPSA) is 130 Å². The Morgan fingerprint density at radius 2 is 1.61 bits per heavy atom. The molecule has 0 radical (unpaired) electrons. The molecule has 0 saturated carbocycles. The van der Waals surface area contributed by atoms with Crippen molar-refractivity contribution in [1.29, 1.82) is 0 Å². The first-order valence-electron chi connectivity index (χ1n) is 11.5. The van der Waals surface area contributed by atoms with Crippen molar-refractivity contribution >= 4 is 56.8 Å². The molecule has 1 aliphatic rings. The summed E-state index contributed by atoms with van der Waals surface area (Å²) in [5, 5.41) is 9.43. The van der Waals surface area contributed by atoms with Gasteiger partial charge in [0, 0.05) is 29.4 Å². The number of benzene rings is 3. The molecule has 0 spiro atoms. The van der Waals surface area contributed by atoms with E-state index in [1.165, 1.54) is 36.2 Å². The van der Waals surface area contributed by atoms with E-state index in [1.807, 2.05) is 42.5 Å². The SMILES string of the molecule is CC(=O)NC(N)=NC(=NS(=O)(=O)c1ccc(Cl)cc1)N1CCC(c2ccccc2)C(c2ccc(Cl)cc2)=N1. The number of halogens is 2. The minimum absolute atomic E-state index is 0.0839. The number of nitrogens with zero attached hydrogens (tertiary/aromatic N) is 4. The van der Waals surface area contributed by atoms with Gasteiger partial charge in [-0.05, 0) is 53.9 Å². The fraction of sp³-hybridized carbons (Fsp3) is 0.154. The molecule has 1 atom stereocenters. The van der Waals surface area contributed by atoms with E-state index in [4.69, 9.17) is 34.0 Å². The molecule has 0 saturated heterocycles. The molecule has 1 heterocycles. The molecule has 1 unspecified atom stereocenters. The van der Waals surface area contributed by atoms with Crippen molar-refractivity contribution in [1.82, 2.24) is 10.3 Å². The molecule has 0 bridgehead atoms. The van der Waals surface area contributed by atoms with E-state index in [0.29, 0.717) is 22.2 Å². The van der Waals surface area contributed by atoms with Gasteiger partial charge in [0.1, 0.15) is 0 Å². The summed E-state index contributed by atoms with van der Waals surface area (Å²) in [6.45, 7) is 1.54. The van der Waals surface area contributed by atoms with Gasteiger partial charge in [-0.3, -0.25) is 10.1 Å². The van der Waals surface area contributed by atoms with Crippen LogP contribution < -0.4 is 11.1 Å². The highest BCUT2D eigenvalue weighted by Crippen LogP contribution is 2.30. The Kier molecular flexibility index (Phi) is 8.45. The fourth-order valence-electron chi connectivity index (χ4n) is 3.88. The van der Waals surface area contributed by atoms with Crippen LogP contribution in [-0.4, -0.2) is 43.5 Å². The number of rotatable bonds is 4. The van der Waals surface area contributed by atoms with Crippen molar-refractivity contribution < 1.29 is 13.2 Å². The largest absolute Gasteiger partial charge is 0.369 e. The van der Waals surface area contributed by atoms with Crippen LogP contribution in [0.2, 0.25) is 10.0 Å². The van der Waals surface area contributed by atoms with Crippen molar-refractivity contribution in [2.75, 3.05) is 6.54 Å². The van der Waals surface area contributed by atoms with Gasteiger partial charge >= 0.3 is 0 Å². The number of carbonyl (C=O) groups excluding carboxylic acids is 1. The molecule has 1 aliphatic heterocycles. The zero-order valence-electron chi connectivity index (χ0n) is 20.3. The summed E-state index contributed by atoms with van der Waals surface area (Å²) in [7, 11) is -4.23. The maximum atomic E-state index is 13.2. The van der Waals surface area contributed by atoms with Crippen LogP contribution in [0.15, 0.2) is 98.2 Å². The second kappa shape index (κ2) is 11.8. The fourth-order valence-corrected chi connectivity index (χ4v) is 5.07. The standard InChI is InChI=1S/C26H24Cl2N6O3S/c1-17(35)30-25(29)31-26(33-38(36,37)22-13-11-21(28)12-14-22)34-16-15-23(18-5-3-2-4-6-18)24(32-34)19-7-9-20(27)10-8-19/h2-14,23H,15-16H2,1H3,(H3,29,30,31,33,35). The summed E-state index contributed by atoms with van der Waals surface area (Å²) in [5.41, 5.74) is 8.39. The van der Waals surface area contributed by atoms with Gasteiger partial charge in [0.05, 0.1) is 10.6 Å². The van der Waals surface area contributed by atoms with Gasteiger partial charge in [0.2, 0.25) is 11.9 Å². The molecular formula is C26H24Cl2N6O3S. The summed E-state index contributed by atoms with van der Waals surface area (Å²) < 4.78 is 30.3. The summed E-state index contributed by atoms with van der Waals surface area (Å²) in [4.78, 5) is 15.5. The first-order valence-corrected chi connectivity index (χ1v) is 13.7. The van der Waals surface area contributed by atoms with Gasteiger partial charge in [0.25, 0.3) is 16.0 Å². The van der Waals surface area contributed by atoms with Crippen LogP contribution in [0.5, 0.6) is 0 Å². The number of hydrazone groups is 1. The van der Waals surface area contributed by atoms with Crippen LogP contribution in [0.3, 0.4) is 0 Å². The third-order valence-electron chi connectivity index (χ3n) is 5.60. The molecule has 38 heavy (non-hydrogen) atoms. The molecule has 0 aromatic heterocycles. The van der Waals surface area contributed by atoms with E-state index in [0.717, 1.165) is 11.1 Å². The molecule has 9 nitrogen and oxygen atoms in total. The molecule has 196 valence electrons. The Bertz CT molecular complexity index is 1510.